The maximum absolute atomic E-state index is 12.7. The zero-order valence-corrected chi connectivity index (χ0v) is 14.0. The Morgan fingerprint density at radius 2 is 2.00 bits per heavy atom. The number of aromatic nitrogens is 2. The van der Waals surface area contributed by atoms with Gasteiger partial charge in [0.1, 0.15) is 0 Å². The summed E-state index contributed by atoms with van der Waals surface area (Å²) in [7, 11) is 0. The van der Waals surface area contributed by atoms with E-state index >= 15 is 0 Å². The van der Waals surface area contributed by atoms with Gasteiger partial charge >= 0.3 is 11.7 Å². The molecule has 0 unspecified atom stereocenters. The summed E-state index contributed by atoms with van der Waals surface area (Å²) in [5.74, 6) is 0. The van der Waals surface area contributed by atoms with Crippen LogP contribution in [0.5, 0.6) is 0 Å². The Balaban J connectivity index is 2.02. The summed E-state index contributed by atoms with van der Waals surface area (Å²) in [4.78, 5) is 26.8. The smallest absolute Gasteiger partial charge is 0.337 e. The summed E-state index contributed by atoms with van der Waals surface area (Å²) in [6.07, 6.45) is 1.83. The number of primary amides is 1. The van der Waals surface area contributed by atoms with E-state index < -0.39 is 6.03 Å². The van der Waals surface area contributed by atoms with Gasteiger partial charge in [0, 0.05) is 26.2 Å². The number of carbonyl (C=O) groups excluding carboxylic acids is 1. The Bertz CT molecular complexity index is 787. The highest BCUT2D eigenvalue weighted by molar-refractivity contribution is 5.90. The number of aryl methyl sites for hydroxylation is 1. The fraction of sp³-hybridized carbons (Fsp3) is 0.529. The third kappa shape index (κ3) is 3.09. The van der Waals surface area contributed by atoms with Gasteiger partial charge in [-0.1, -0.05) is 25.5 Å². The van der Waals surface area contributed by atoms with Crippen LogP contribution in [0.25, 0.3) is 11.0 Å². The summed E-state index contributed by atoms with van der Waals surface area (Å²) in [5.41, 5.74) is 7.59. The van der Waals surface area contributed by atoms with Crippen LogP contribution in [0.4, 0.5) is 4.79 Å². The first kappa shape index (κ1) is 16.7. The largest absolute Gasteiger partial charge is 0.379 e. The van der Waals surface area contributed by atoms with E-state index in [4.69, 9.17) is 10.5 Å². The monoisotopic (exact) mass is 332 g/mol. The van der Waals surface area contributed by atoms with Crippen molar-refractivity contribution in [3.63, 3.8) is 0 Å². The van der Waals surface area contributed by atoms with E-state index in [2.05, 4.69) is 11.8 Å². The lowest BCUT2D eigenvalue weighted by Crippen LogP contribution is -2.40. The first-order valence-electron chi connectivity index (χ1n) is 8.46. The molecular formula is C17H24N4O3. The minimum Gasteiger partial charge on any atom is -0.379 e. The summed E-state index contributed by atoms with van der Waals surface area (Å²) < 4.78 is 8.13. The van der Waals surface area contributed by atoms with Gasteiger partial charge in [0.25, 0.3) is 0 Å². The molecule has 0 radical (unpaired) electrons. The van der Waals surface area contributed by atoms with E-state index in [1.807, 2.05) is 12.1 Å². The van der Waals surface area contributed by atoms with Gasteiger partial charge in [-0.25, -0.2) is 14.2 Å². The van der Waals surface area contributed by atoms with Gasteiger partial charge in [-0.05, 0) is 18.1 Å². The number of para-hydroxylation sites is 1. The number of benzene rings is 1. The first-order valence-corrected chi connectivity index (χ1v) is 8.46. The van der Waals surface area contributed by atoms with Gasteiger partial charge in [0.05, 0.1) is 24.2 Å². The van der Waals surface area contributed by atoms with Crippen LogP contribution in [-0.4, -0.2) is 52.9 Å². The Morgan fingerprint density at radius 3 is 2.67 bits per heavy atom. The molecular weight excluding hydrogens is 308 g/mol. The molecule has 0 bridgehead atoms. The average molecular weight is 332 g/mol. The van der Waals surface area contributed by atoms with Crippen molar-refractivity contribution >= 4 is 17.1 Å². The molecule has 1 saturated heterocycles. The topological polar surface area (TPSA) is 82.5 Å². The quantitative estimate of drug-likeness (QED) is 0.886. The molecule has 7 nitrogen and oxygen atoms in total. The molecule has 2 N–H and O–H groups in total. The molecule has 0 aliphatic carbocycles. The zero-order valence-electron chi connectivity index (χ0n) is 14.0. The molecule has 1 amide bonds. The van der Waals surface area contributed by atoms with Crippen molar-refractivity contribution in [2.75, 3.05) is 32.8 Å². The summed E-state index contributed by atoms with van der Waals surface area (Å²) >= 11 is 0. The van der Waals surface area contributed by atoms with Crippen LogP contribution in [0.1, 0.15) is 18.9 Å². The number of hydrogen-bond acceptors (Lipinski definition) is 4. The molecule has 0 spiro atoms. The fourth-order valence-electron chi connectivity index (χ4n) is 3.35. The molecule has 0 atom stereocenters. The molecule has 1 aliphatic heterocycles. The van der Waals surface area contributed by atoms with Crippen LogP contribution in [0.15, 0.2) is 23.0 Å². The number of fused-ring (bicyclic) bond motifs is 1. The summed E-state index contributed by atoms with van der Waals surface area (Å²) in [5, 5.41) is 0. The second-order valence-corrected chi connectivity index (χ2v) is 6.10. The van der Waals surface area contributed by atoms with Gasteiger partial charge < -0.3 is 10.5 Å². The van der Waals surface area contributed by atoms with Crippen LogP contribution in [0.2, 0.25) is 0 Å². The van der Waals surface area contributed by atoms with Crippen LogP contribution >= 0.6 is 0 Å². The summed E-state index contributed by atoms with van der Waals surface area (Å²) in [6, 6.07) is 4.94. The molecule has 24 heavy (non-hydrogen) atoms. The van der Waals surface area contributed by atoms with Crippen molar-refractivity contribution in [1.82, 2.24) is 14.0 Å². The van der Waals surface area contributed by atoms with E-state index in [9.17, 15) is 9.59 Å². The van der Waals surface area contributed by atoms with E-state index in [1.54, 1.807) is 10.6 Å². The van der Waals surface area contributed by atoms with Crippen LogP contribution < -0.4 is 11.4 Å². The predicted octanol–water partition coefficient (Wildman–Crippen LogP) is 1.01. The fourth-order valence-corrected chi connectivity index (χ4v) is 3.35. The average Bonchev–Trinajstić information content (AvgIpc) is 2.87. The van der Waals surface area contributed by atoms with E-state index in [0.717, 1.165) is 61.3 Å². The third-order valence-electron chi connectivity index (χ3n) is 4.51. The summed E-state index contributed by atoms with van der Waals surface area (Å²) in [6.45, 7) is 6.56. The van der Waals surface area contributed by atoms with Crippen LogP contribution in [-0.2, 0) is 17.7 Å². The van der Waals surface area contributed by atoms with Crippen molar-refractivity contribution < 1.29 is 9.53 Å². The molecule has 3 rings (SSSR count). The van der Waals surface area contributed by atoms with E-state index in [0.29, 0.717) is 12.1 Å². The van der Waals surface area contributed by atoms with Crippen molar-refractivity contribution in [2.24, 2.45) is 5.73 Å². The SMILES string of the molecule is CCCc1cccc2c1n(CCN1CCOCC1)c(=O)n2C(N)=O. The first-order chi connectivity index (χ1) is 11.6. The maximum atomic E-state index is 12.7. The van der Waals surface area contributed by atoms with Gasteiger partial charge in [-0.15, -0.1) is 0 Å². The van der Waals surface area contributed by atoms with E-state index in [-0.39, 0.29) is 5.69 Å². The normalized spacial score (nSPS) is 15.9. The molecule has 0 saturated carbocycles. The third-order valence-corrected chi connectivity index (χ3v) is 4.51. The zero-order chi connectivity index (χ0) is 17.1. The van der Waals surface area contributed by atoms with Gasteiger partial charge in [-0.3, -0.25) is 9.47 Å². The highest BCUT2D eigenvalue weighted by atomic mass is 16.5. The van der Waals surface area contributed by atoms with E-state index in [1.165, 1.54) is 0 Å². The predicted molar refractivity (Wildman–Crippen MR) is 92.4 cm³/mol. The second-order valence-electron chi connectivity index (χ2n) is 6.10. The Hall–Kier alpha value is -2.12. The van der Waals surface area contributed by atoms with Crippen LogP contribution in [0, 0.1) is 0 Å². The van der Waals surface area contributed by atoms with Crippen molar-refractivity contribution in [2.45, 2.75) is 26.3 Å². The highest BCUT2D eigenvalue weighted by Gasteiger charge is 2.19. The number of nitrogens with zero attached hydrogens (tertiary/aromatic N) is 3. The van der Waals surface area contributed by atoms with Gasteiger partial charge in [-0.2, -0.15) is 0 Å². The molecule has 1 aromatic carbocycles. The molecule has 130 valence electrons. The molecule has 7 heteroatoms. The van der Waals surface area contributed by atoms with Crippen molar-refractivity contribution in [3.8, 4) is 0 Å². The minimum atomic E-state index is -0.733. The Kier molecular flexibility index (Phi) is 5.01. The highest BCUT2D eigenvalue weighted by Crippen LogP contribution is 2.20. The molecule has 2 heterocycles. The Labute approximate surface area is 140 Å². The number of rotatable bonds is 5. The number of hydrogen-bond donors (Lipinski definition) is 1. The number of carbonyl (C=O) groups is 1. The molecule has 1 fully saturated rings. The number of ether oxygens (including phenoxy) is 1. The van der Waals surface area contributed by atoms with Crippen LogP contribution in [0.3, 0.4) is 0 Å². The van der Waals surface area contributed by atoms with Crippen molar-refractivity contribution in [1.29, 1.82) is 0 Å². The second kappa shape index (κ2) is 7.19. The lowest BCUT2D eigenvalue weighted by atomic mass is 10.1. The Morgan fingerprint density at radius 1 is 1.25 bits per heavy atom. The lowest BCUT2D eigenvalue weighted by Gasteiger charge is -2.26. The van der Waals surface area contributed by atoms with Gasteiger partial charge in [0.2, 0.25) is 0 Å². The molecule has 2 aromatic rings. The number of morpholine rings is 1. The number of imidazole rings is 1. The maximum Gasteiger partial charge on any atom is 0.337 e. The molecule has 1 aromatic heterocycles. The van der Waals surface area contributed by atoms with Gasteiger partial charge in [0.15, 0.2) is 0 Å². The molecule has 1 aliphatic rings. The van der Waals surface area contributed by atoms with Crippen molar-refractivity contribution in [3.05, 3.63) is 34.2 Å². The number of nitrogens with two attached hydrogens (primary N) is 1. The number of amides is 1. The lowest BCUT2D eigenvalue weighted by molar-refractivity contribution is 0.0364. The standard InChI is InChI=1S/C17H24N4O3/c1-2-4-13-5-3-6-14-15(13)20(17(23)21(14)16(18)22)8-7-19-9-11-24-12-10-19/h3,5-6H,2,4,7-12H2,1H3,(H2,18,22). The minimum absolute atomic E-state index is 0.352.